The fourth-order valence-electron chi connectivity index (χ4n) is 3.58. The minimum absolute atomic E-state index is 0.411. The van der Waals surface area contributed by atoms with Crippen LogP contribution in [0.25, 0.3) is 0 Å². The van der Waals surface area contributed by atoms with Gasteiger partial charge in [0.15, 0.2) is 0 Å². The van der Waals surface area contributed by atoms with E-state index >= 15 is 0 Å². The van der Waals surface area contributed by atoms with Gasteiger partial charge >= 0.3 is 0 Å². The number of anilines is 2. The Hall–Kier alpha value is -1.40. The van der Waals surface area contributed by atoms with Crippen LogP contribution in [0, 0.1) is 6.92 Å². The Morgan fingerprint density at radius 2 is 1.12 bits per heavy atom. The zero-order chi connectivity index (χ0) is 24.2. The Morgan fingerprint density at radius 3 is 1.64 bits per heavy atom. The zero-order valence-electron chi connectivity index (χ0n) is 21.2. The molecule has 1 aromatic rings. The van der Waals surface area contributed by atoms with Crippen LogP contribution >= 0.6 is 24.4 Å². The molecular formula is C27H46N2O2S2. The highest BCUT2D eigenvalue weighted by molar-refractivity contribution is 7.80. The van der Waals surface area contributed by atoms with Gasteiger partial charge in [-0.3, -0.25) is 0 Å². The van der Waals surface area contributed by atoms with E-state index in [0.717, 1.165) is 29.8 Å². The van der Waals surface area contributed by atoms with Crippen LogP contribution in [0.3, 0.4) is 0 Å². The predicted octanol–water partition coefficient (Wildman–Crippen LogP) is 8.92. The second-order valence-corrected chi connectivity index (χ2v) is 9.54. The van der Waals surface area contributed by atoms with Crippen molar-refractivity contribution in [3.05, 3.63) is 23.8 Å². The van der Waals surface area contributed by atoms with Gasteiger partial charge in [0, 0.05) is 11.4 Å². The molecule has 0 bridgehead atoms. The number of thiocarbonyl (C=S) groups is 2. The Kier molecular flexibility index (Phi) is 18.0. The Balaban J connectivity index is 2.25. The summed E-state index contributed by atoms with van der Waals surface area (Å²) in [7, 11) is 0. The summed E-state index contributed by atoms with van der Waals surface area (Å²) in [6.07, 6.45) is 17.6. The third kappa shape index (κ3) is 16.0. The third-order valence-corrected chi connectivity index (χ3v) is 6.12. The van der Waals surface area contributed by atoms with Gasteiger partial charge < -0.3 is 20.1 Å². The normalized spacial score (nSPS) is 10.6. The lowest BCUT2D eigenvalue weighted by molar-refractivity contribution is 0.298. The first kappa shape index (κ1) is 29.6. The standard InChI is InChI=1S/C27H46N2O2S2/c1-4-6-8-10-12-14-16-20-30-26(32)28-24-19-18-23(3)25(22-24)29-27(33)31-21-17-15-13-11-9-7-5-2/h18-19,22H,4-17,20-21H2,1-3H3,(H,28,32)(H,29,33). The second kappa shape index (κ2) is 20.0. The van der Waals surface area contributed by atoms with E-state index in [1.54, 1.807) is 0 Å². The SMILES string of the molecule is CCCCCCCCCOC(=S)Nc1ccc(C)c(NC(=S)OCCCCCCCCC)c1. The van der Waals surface area contributed by atoms with Crippen LogP contribution < -0.4 is 10.6 Å². The largest absolute Gasteiger partial charge is 0.471 e. The first-order valence-corrected chi connectivity index (χ1v) is 13.9. The molecule has 1 aromatic carbocycles. The molecule has 0 amide bonds. The van der Waals surface area contributed by atoms with E-state index < -0.39 is 0 Å². The topological polar surface area (TPSA) is 42.5 Å². The zero-order valence-corrected chi connectivity index (χ0v) is 22.8. The molecule has 0 fully saturated rings. The van der Waals surface area contributed by atoms with Crippen molar-refractivity contribution in [2.24, 2.45) is 0 Å². The molecule has 0 atom stereocenters. The summed E-state index contributed by atoms with van der Waals surface area (Å²) in [6.45, 7) is 7.85. The van der Waals surface area contributed by atoms with Crippen LogP contribution in [0.2, 0.25) is 0 Å². The van der Waals surface area contributed by atoms with Gasteiger partial charge in [-0.15, -0.1) is 0 Å². The quantitative estimate of drug-likeness (QED) is 0.157. The number of rotatable bonds is 18. The lowest BCUT2D eigenvalue weighted by Gasteiger charge is -2.15. The van der Waals surface area contributed by atoms with Crippen LogP contribution in [-0.4, -0.2) is 23.6 Å². The van der Waals surface area contributed by atoms with E-state index in [0.29, 0.717) is 23.6 Å². The Morgan fingerprint density at radius 1 is 0.667 bits per heavy atom. The van der Waals surface area contributed by atoms with Crippen LogP contribution in [-0.2, 0) is 9.47 Å². The van der Waals surface area contributed by atoms with Gasteiger partial charge in [-0.25, -0.2) is 0 Å². The van der Waals surface area contributed by atoms with E-state index in [1.807, 2.05) is 25.1 Å². The fourth-order valence-corrected chi connectivity index (χ4v) is 3.98. The highest BCUT2D eigenvalue weighted by atomic mass is 32.1. The minimum atomic E-state index is 0.411. The molecule has 0 saturated carbocycles. The number of nitrogens with one attached hydrogen (secondary N) is 2. The summed E-state index contributed by atoms with van der Waals surface area (Å²) in [5, 5.41) is 7.20. The van der Waals surface area contributed by atoms with Gasteiger partial charge in [0.25, 0.3) is 10.3 Å². The van der Waals surface area contributed by atoms with E-state index in [-0.39, 0.29) is 0 Å². The molecule has 33 heavy (non-hydrogen) atoms. The summed E-state index contributed by atoms with van der Waals surface area (Å²) in [6, 6.07) is 6.01. The van der Waals surface area contributed by atoms with Gasteiger partial charge in [0.1, 0.15) is 0 Å². The molecule has 0 aliphatic heterocycles. The minimum Gasteiger partial charge on any atom is -0.471 e. The Bertz CT molecular complexity index is 668. The maximum atomic E-state index is 5.71. The van der Waals surface area contributed by atoms with Gasteiger partial charge in [-0.1, -0.05) is 97.0 Å². The molecule has 188 valence electrons. The lowest BCUT2D eigenvalue weighted by atomic mass is 10.1. The molecule has 4 nitrogen and oxygen atoms in total. The number of hydrogen-bond acceptors (Lipinski definition) is 4. The third-order valence-electron chi connectivity index (χ3n) is 5.68. The van der Waals surface area contributed by atoms with E-state index in [4.69, 9.17) is 33.9 Å². The summed E-state index contributed by atoms with van der Waals surface area (Å²) in [5.74, 6) is 0. The van der Waals surface area contributed by atoms with Crippen molar-refractivity contribution in [3.63, 3.8) is 0 Å². The molecule has 1 rings (SSSR count). The van der Waals surface area contributed by atoms with Crippen LogP contribution in [0.1, 0.15) is 109 Å². The second-order valence-electron chi connectivity index (χ2n) is 8.79. The van der Waals surface area contributed by atoms with Gasteiger partial charge in [-0.2, -0.15) is 0 Å². The molecule has 0 unspecified atom stereocenters. The monoisotopic (exact) mass is 494 g/mol. The van der Waals surface area contributed by atoms with Crippen molar-refractivity contribution < 1.29 is 9.47 Å². The van der Waals surface area contributed by atoms with Gasteiger partial charge in [0.05, 0.1) is 13.2 Å². The molecule has 0 heterocycles. The van der Waals surface area contributed by atoms with E-state index in [9.17, 15) is 0 Å². The molecule has 0 aliphatic carbocycles. The first-order valence-electron chi connectivity index (χ1n) is 13.0. The number of unbranched alkanes of at least 4 members (excludes halogenated alkanes) is 12. The van der Waals surface area contributed by atoms with Crippen molar-refractivity contribution in [1.82, 2.24) is 0 Å². The number of aryl methyl sites for hydroxylation is 1. The molecule has 0 aromatic heterocycles. The molecule has 0 saturated heterocycles. The summed E-state index contributed by atoms with van der Waals surface area (Å²) < 4.78 is 11.4. The van der Waals surface area contributed by atoms with Crippen molar-refractivity contribution in [2.45, 2.75) is 111 Å². The maximum Gasteiger partial charge on any atom is 0.261 e. The average Bonchev–Trinajstić information content (AvgIpc) is 2.79. The Labute approximate surface area is 213 Å². The molecule has 0 spiro atoms. The fraction of sp³-hybridized carbons (Fsp3) is 0.704. The molecule has 0 aliphatic rings. The highest BCUT2D eigenvalue weighted by Gasteiger charge is 2.06. The predicted molar refractivity (Wildman–Crippen MR) is 152 cm³/mol. The van der Waals surface area contributed by atoms with Crippen LogP contribution in [0.15, 0.2) is 18.2 Å². The summed E-state index contributed by atoms with van der Waals surface area (Å²) in [5.41, 5.74) is 2.89. The smallest absolute Gasteiger partial charge is 0.261 e. The van der Waals surface area contributed by atoms with Crippen molar-refractivity contribution in [2.75, 3.05) is 23.8 Å². The molecule has 2 N–H and O–H groups in total. The van der Waals surface area contributed by atoms with E-state index in [2.05, 4.69) is 24.5 Å². The van der Waals surface area contributed by atoms with Crippen molar-refractivity contribution in [1.29, 1.82) is 0 Å². The van der Waals surface area contributed by atoms with Gasteiger partial charge in [-0.05, 0) is 61.9 Å². The first-order chi connectivity index (χ1) is 16.1. The maximum absolute atomic E-state index is 5.71. The molecule has 6 heteroatoms. The van der Waals surface area contributed by atoms with Gasteiger partial charge in [0.2, 0.25) is 0 Å². The number of ether oxygens (including phenoxy) is 2. The summed E-state index contributed by atoms with van der Waals surface area (Å²) in [4.78, 5) is 0. The van der Waals surface area contributed by atoms with Crippen molar-refractivity contribution in [3.8, 4) is 0 Å². The highest BCUT2D eigenvalue weighted by Crippen LogP contribution is 2.21. The van der Waals surface area contributed by atoms with E-state index in [1.165, 1.54) is 77.0 Å². The lowest BCUT2D eigenvalue weighted by Crippen LogP contribution is -2.16. The van der Waals surface area contributed by atoms with Crippen LogP contribution in [0.4, 0.5) is 11.4 Å². The number of hydrogen-bond donors (Lipinski definition) is 2. The number of benzene rings is 1. The average molecular weight is 495 g/mol. The molecular weight excluding hydrogens is 448 g/mol. The van der Waals surface area contributed by atoms with Crippen molar-refractivity contribution >= 4 is 46.2 Å². The summed E-state index contributed by atoms with van der Waals surface area (Å²) >= 11 is 10.7. The van der Waals surface area contributed by atoms with Crippen LogP contribution in [0.5, 0.6) is 0 Å². The molecule has 0 radical (unpaired) electrons.